The third-order valence-electron chi connectivity index (χ3n) is 3.70. The summed E-state index contributed by atoms with van der Waals surface area (Å²) in [6.07, 6.45) is 3.92. The van der Waals surface area contributed by atoms with Gasteiger partial charge in [0, 0.05) is 29.6 Å². The third-order valence-corrected chi connectivity index (χ3v) is 4.58. The number of nitrogen functional groups attached to an aromatic ring is 1. The van der Waals surface area contributed by atoms with Crippen molar-refractivity contribution in [3.8, 4) is 0 Å². The average molecular weight is 376 g/mol. The molecule has 0 spiro atoms. The zero-order chi connectivity index (χ0) is 18.2. The van der Waals surface area contributed by atoms with Crippen LogP contribution in [0.25, 0.3) is 0 Å². The predicted octanol–water partition coefficient (Wildman–Crippen LogP) is 2.09. The number of hydrogen-bond acceptors (Lipinski definition) is 5. The van der Waals surface area contributed by atoms with Crippen LogP contribution >= 0.6 is 19.6 Å². The molecule has 9 heteroatoms. The van der Waals surface area contributed by atoms with Gasteiger partial charge < -0.3 is 20.4 Å². The minimum Gasteiger partial charge on any atom is -0.399 e. The maximum absolute atomic E-state index is 12.0. The number of nitrogens with zero attached hydrogens (tertiary/aromatic N) is 1. The van der Waals surface area contributed by atoms with E-state index in [1.54, 1.807) is 24.3 Å². The highest BCUT2D eigenvalue weighted by Crippen LogP contribution is 2.25. The second-order valence-electron chi connectivity index (χ2n) is 5.65. The largest absolute Gasteiger partial charge is 0.466 e. The smallest absolute Gasteiger partial charge is 0.399 e. The molecule has 1 aliphatic rings. The highest BCUT2D eigenvalue weighted by atomic mass is 32.2. The summed E-state index contributed by atoms with van der Waals surface area (Å²) in [5, 5.41) is 0.143. The molecule has 2 rings (SSSR count). The summed E-state index contributed by atoms with van der Waals surface area (Å²) in [7, 11) is -4.64. The van der Waals surface area contributed by atoms with Crippen LogP contribution < -0.4 is 5.73 Å². The topological polar surface area (TPSA) is 124 Å². The Morgan fingerprint density at radius 3 is 2.42 bits per heavy atom. The van der Waals surface area contributed by atoms with E-state index in [4.69, 9.17) is 25.0 Å². The Hall–Kier alpha value is -0.890. The van der Waals surface area contributed by atoms with Crippen LogP contribution in [0.4, 0.5) is 5.69 Å². The standard InChI is InChI=1S/C15H22N2OS.H3O4P/c1-12-4-2-3-9-17(12)10-11-19-15(18)13-5-7-14(16)8-6-13;1-5(2,3)4/h5-8,12H,2-4,9-11,16H2,1H3;(H3,1,2,3,4)/t12-;/m0./s1. The molecule has 0 radical (unpaired) electrons. The van der Waals surface area contributed by atoms with E-state index in [0.29, 0.717) is 11.7 Å². The number of anilines is 1. The number of nitrogens with two attached hydrogens (primary N) is 1. The van der Waals surface area contributed by atoms with E-state index in [1.165, 1.54) is 37.6 Å². The van der Waals surface area contributed by atoms with Crippen molar-refractivity contribution in [3.05, 3.63) is 29.8 Å². The quantitative estimate of drug-likeness (QED) is 0.465. The normalized spacial score (nSPS) is 18.6. The van der Waals surface area contributed by atoms with Gasteiger partial charge >= 0.3 is 7.82 Å². The second kappa shape index (κ2) is 10.2. The minimum absolute atomic E-state index is 0.143. The van der Waals surface area contributed by atoms with Gasteiger partial charge in [0.2, 0.25) is 5.12 Å². The number of carbonyl (C=O) groups is 1. The van der Waals surface area contributed by atoms with Gasteiger partial charge in [-0.15, -0.1) is 0 Å². The summed E-state index contributed by atoms with van der Waals surface area (Å²) in [6.45, 7) is 4.47. The van der Waals surface area contributed by atoms with Gasteiger partial charge in [0.15, 0.2) is 0 Å². The van der Waals surface area contributed by atoms with E-state index in [9.17, 15) is 4.79 Å². The number of rotatable bonds is 4. The molecule has 1 saturated heterocycles. The number of piperidine rings is 1. The molecule has 7 nitrogen and oxygen atoms in total. The summed E-state index contributed by atoms with van der Waals surface area (Å²) in [5.74, 6) is 0.869. The number of thioether (sulfide) groups is 1. The van der Waals surface area contributed by atoms with Gasteiger partial charge in [0.05, 0.1) is 0 Å². The third kappa shape index (κ3) is 9.42. The van der Waals surface area contributed by atoms with E-state index in [2.05, 4.69) is 11.8 Å². The van der Waals surface area contributed by atoms with E-state index in [1.807, 2.05) is 0 Å². The Balaban J connectivity index is 0.000000505. The van der Waals surface area contributed by atoms with Crippen molar-refractivity contribution in [1.82, 2.24) is 4.90 Å². The lowest BCUT2D eigenvalue weighted by Gasteiger charge is -2.33. The fraction of sp³-hybridized carbons (Fsp3) is 0.533. The number of carbonyl (C=O) groups excluding carboxylic acids is 1. The maximum Gasteiger partial charge on any atom is 0.466 e. The van der Waals surface area contributed by atoms with Crippen LogP contribution in [-0.2, 0) is 4.57 Å². The van der Waals surface area contributed by atoms with Gasteiger partial charge in [-0.2, -0.15) is 0 Å². The van der Waals surface area contributed by atoms with Crippen LogP contribution in [0.5, 0.6) is 0 Å². The van der Waals surface area contributed by atoms with Crippen molar-refractivity contribution in [2.24, 2.45) is 0 Å². The Morgan fingerprint density at radius 1 is 1.29 bits per heavy atom. The second-order valence-corrected chi connectivity index (χ2v) is 7.75. The van der Waals surface area contributed by atoms with Crippen molar-refractivity contribution in [2.75, 3.05) is 24.6 Å². The summed E-state index contributed by atoms with van der Waals surface area (Å²) < 4.78 is 8.88. The molecule has 1 heterocycles. The number of hydrogen-bond donors (Lipinski definition) is 4. The summed E-state index contributed by atoms with van der Waals surface area (Å²) >= 11 is 1.41. The minimum atomic E-state index is -4.64. The molecule has 0 bridgehead atoms. The van der Waals surface area contributed by atoms with E-state index in [0.717, 1.165) is 17.9 Å². The zero-order valence-electron chi connectivity index (χ0n) is 13.7. The Kier molecular flexibility index (Phi) is 8.97. The van der Waals surface area contributed by atoms with E-state index < -0.39 is 7.82 Å². The first-order chi connectivity index (χ1) is 11.2. The number of benzene rings is 1. The van der Waals surface area contributed by atoms with E-state index in [-0.39, 0.29) is 5.12 Å². The molecule has 0 amide bonds. The highest BCUT2D eigenvalue weighted by Gasteiger charge is 2.18. The van der Waals surface area contributed by atoms with Gasteiger partial charge in [0.1, 0.15) is 0 Å². The number of likely N-dealkylation sites (tertiary alicyclic amines) is 1. The van der Waals surface area contributed by atoms with Gasteiger partial charge in [-0.1, -0.05) is 18.2 Å². The molecule has 1 aromatic carbocycles. The lowest BCUT2D eigenvalue weighted by atomic mass is 10.0. The van der Waals surface area contributed by atoms with Crippen molar-refractivity contribution in [3.63, 3.8) is 0 Å². The van der Waals surface area contributed by atoms with Crippen LogP contribution in [0, 0.1) is 0 Å². The van der Waals surface area contributed by atoms with Crippen molar-refractivity contribution < 1.29 is 24.0 Å². The van der Waals surface area contributed by atoms with Gasteiger partial charge in [-0.3, -0.25) is 9.69 Å². The average Bonchev–Trinajstić information content (AvgIpc) is 2.48. The summed E-state index contributed by atoms with van der Waals surface area (Å²) in [4.78, 5) is 36.0. The van der Waals surface area contributed by atoms with Crippen LogP contribution in [-0.4, -0.2) is 49.6 Å². The number of phosphoric acid groups is 1. The fourth-order valence-electron chi connectivity index (χ4n) is 2.45. The predicted molar refractivity (Wildman–Crippen MR) is 96.8 cm³/mol. The fourth-order valence-corrected chi connectivity index (χ4v) is 3.26. The van der Waals surface area contributed by atoms with E-state index >= 15 is 0 Å². The molecule has 0 aliphatic carbocycles. The van der Waals surface area contributed by atoms with Crippen molar-refractivity contribution >= 4 is 30.4 Å². The van der Waals surface area contributed by atoms with Crippen molar-refractivity contribution in [1.29, 1.82) is 0 Å². The molecule has 1 fully saturated rings. The Bertz CT molecular complexity index is 555. The molecule has 0 aromatic heterocycles. The molecular weight excluding hydrogens is 351 g/mol. The van der Waals surface area contributed by atoms with Crippen LogP contribution in [0.3, 0.4) is 0 Å². The molecule has 1 atom stereocenters. The zero-order valence-corrected chi connectivity index (χ0v) is 15.4. The maximum atomic E-state index is 12.0. The van der Waals surface area contributed by atoms with Gasteiger partial charge in [-0.25, -0.2) is 4.57 Å². The lowest BCUT2D eigenvalue weighted by Crippen LogP contribution is -2.38. The molecular formula is C15H25N2O5PS. The van der Waals surface area contributed by atoms with Crippen LogP contribution in [0.1, 0.15) is 36.5 Å². The van der Waals surface area contributed by atoms with Crippen LogP contribution in [0.2, 0.25) is 0 Å². The lowest BCUT2D eigenvalue weighted by molar-refractivity contribution is 0.108. The first-order valence-corrected chi connectivity index (χ1v) is 10.3. The van der Waals surface area contributed by atoms with Gasteiger partial charge in [-0.05, 0) is 50.6 Å². The first kappa shape index (κ1) is 21.2. The molecule has 136 valence electrons. The SMILES string of the molecule is C[C@H]1CCCCN1CCSC(=O)c1ccc(N)cc1.O=P(O)(O)O. The Labute approximate surface area is 146 Å². The molecule has 0 saturated carbocycles. The van der Waals surface area contributed by atoms with Crippen molar-refractivity contribution in [2.45, 2.75) is 32.2 Å². The summed E-state index contributed by atoms with van der Waals surface area (Å²) in [5.41, 5.74) is 7.05. The Morgan fingerprint density at radius 2 is 1.88 bits per heavy atom. The molecule has 5 N–H and O–H groups in total. The van der Waals surface area contributed by atoms with Gasteiger partial charge in [0.25, 0.3) is 0 Å². The molecule has 1 aliphatic heterocycles. The molecule has 1 aromatic rings. The first-order valence-electron chi connectivity index (χ1n) is 7.72. The molecule has 0 unspecified atom stereocenters. The summed E-state index contributed by atoms with van der Waals surface area (Å²) in [6, 6.07) is 7.82. The molecule has 24 heavy (non-hydrogen) atoms. The monoisotopic (exact) mass is 376 g/mol. The van der Waals surface area contributed by atoms with Crippen LogP contribution in [0.15, 0.2) is 24.3 Å². The highest BCUT2D eigenvalue weighted by molar-refractivity contribution is 8.14.